The fourth-order valence-electron chi connectivity index (χ4n) is 5.22. The summed E-state index contributed by atoms with van der Waals surface area (Å²) in [5.74, 6) is 1.95. The molecule has 0 amide bonds. The van der Waals surface area contributed by atoms with E-state index in [2.05, 4.69) is 54.0 Å². The molecule has 0 bridgehead atoms. The molecule has 2 aliphatic rings. The first-order valence-corrected chi connectivity index (χ1v) is 10.9. The van der Waals surface area contributed by atoms with E-state index in [0.717, 1.165) is 37.7 Å². The molecule has 0 unspecified atom stereocenters. The molecule has 2 saturated heterocycles. The Kier molecular flexibility index (Phi) is 6.12. The topological polar surface area (TPSA) is 24.9 Å². The highest BCUT2D eigenvalue weighted by molar-refractivity contribution is 5.45. The van der Waals surface area contributed by atoms with Crippen LogP contribution in [0.2, 0.25) is 0 Å². The molecule has 156 valence electrons. The summed E-state index contributed by atoms with van der Waals surface area (Å²) in [5.41, 5.74) is 5.51. The van der Waals surface area contributed by atoms with E-state index in [0.29, 0.717) is 12.1 Å². The lowest BCUT2D eigenvalue weighted by Gasteiger charge is -2.49. The van der Waals surface area contributed by atoms with Crippen LogP contribution in [0, 0.1) is 13.8 Å². The third-order valence-corrected chi connectivity index (χ3v) is 6.93. The number of hydrogen-bond donors (Lipinski definition) is 0. The van der Waals surface area contributed by atoms with Gasteiger partial charge >= 0.3 is 0 Å². The van der Waals surface area contributed by atoms with E-state index in [1.54, 1.807) is 14.2 Å². The lowest BCUT2D eigenvalue weighted by atomic mass is 9.86. The number of piperidine rings is 1. The van der Waals surface area contributed by atoms with Gasteiger partial charge in [-0.2, -0.15) is 0 Å². The Hall–Kier alpha value is -2.04. The number of benzene rings is 2. The van der Waals surface area contributed by atoms with Crippen molar-refractivity contribution in [2.75, 3.05) is 33.9 Å². The Morgan fingerprint density at radius 1 is 0.966 bits per heavy atom. The zero-order valence-electron chi connectivity index (χ0n) is 18.3. The van der Waals surface area contributed by atoms with Gasteiger partial charge in [0, 0.05) is 38.3 Å². The molecule has 0 N–H and O–H groups in total. The van der Waals surface area contributed by atoms with E-state index < -0.39 is 0 Å². The molecule has 2 atom stereocenters. The van der Waals surface area contributed by atoms with Crippen molar-refractivity contribution >= 4 is 0 Å². The first kappa shape index (κ1) is 20.2. The monoisotopic (exact) mass is 394 g/mol. The van der Waals surface area contributed by atoms with E-state index in [4.69, 9.17) is 9.47 Å². The maximum atomic E-state index is 5.53. The van der Waals surface area contributed by atoms with Gasteiger partial charge in [-0.1, -0.05) is 18.2 Å². The van der Waals surface area contributed by atoms with Crippen LogP contribution in [0.15, 0.2) is 36.4 Å². The van der Waals surface area contributed by atoms with Gasteiger partial charge in [0.1, 0.15) is 11.5 Å². The van der Waals surface area contributed by atoms with Gasteiger partial charge in [0.2, 0.25) is 0 Å². The third kappa shape index (κ3) is 4.15. The highest BCUT2D eigenvalue weighted by Gasteiger charge is 2.36. The van der Waals surface area contributed by atoms with Gasteiger partial charge in [0.15, 0.2) is 0 Å². The van der Waals surface area contributed by atoms with E-state index in [1.807, 2.05) is 6.07 Å². The van der Waals surface area contributed by atoms with Crippen LogP contribution in [-0.4, -0.2) is 49.7 Å². The molecule has 2 heterocycles. The summed E-state index contributed by atoms with van der Waals surface area (Å²) in [6.07, 6.45) is 3.88. The second kappa shape index (κ2) is 8.76. The molecular formula is C25H34N2O2. The molecule has 2 aromatic carbocycles. The molecule has 2 aromatic rings. The van der Waals surface area contributed by atoms with Crippen molar-refractivity contribution < 1.29 is 9.47 Å². The molecule has 4 rings (SSSR count). The number of piperazine rings is 1. The Bertz CT molecular complexity index is 851. The molecule has 0 radical (unpaired) electrons. The largest absolute Gasteiger partial charge is 0.497 e. The Labute approximate surface area is 175 Å². The van der Waals surface area contributed by atoms with Crippen LogP contribution < -0.4 is 9.47 Å². The molecule has 0 aromatic heterocycles. The SMILES string of the molecule is COc1cccc(CN2CCN3[C@@H](CCC[C@@H]3c3ccc(OC)c(C)c3C)C2)c1. The Morgan fingerprint density at radius 3 is 2.62 bits per heavy atom. The number of methoxy groups -OCH3 is 2. The lowest BCUT2D eigenvalue weighted by Crippen LogP contribution is -2.55. The van der Waals surface area contributed by atoms with Gasteiger partial charge in [0.05, 0.1) is 14.2 Å². The molecule has 4 heteroatoms. The summed E-state index contributed by atoms with van der Waals surface area (Å²) in [6.45, 7) is 8.87. The molecule has 0 spiro atoms. The van der Waals surface area contributed by atoms with E-state index in [9.17, 15) is 0 Å². The van der Waals surface area contributed by atoms with E-state index in [1.165, 1.54) is 41.5 Å². The van der Waals surface area contributed by atoms with Crippen LogP contribution in [0.3, 0.4) is 0 Å². The van der Waals surface area contributed by atoms with Crippen molar-refractivity contribution in [1.82, 2.24) is 9.80 Å². The van der Waals surface area contributed by atoms with Crippen molar-refractivity contribution in [1.29, 1.82) is 0 Å². The van der Waals surface area contributed by atoms with Crippen molar-refractivity contribution in [2.24, 2.45) is 0 Å². The van der Waals surface area contributed by atoms with Crippen molar-refractivity contribution in [3.8, 4) is 11.5 Å². The fourth-order valence-corrected chi connectivity index (χ4v) is 5.22. The highest BCUT2D eigenvalue weighted by Crippen LogP contribution is 2.39. The second-order valence-corrected chi connectivity index (χ2v) is 8.53. The average Bonchev–Trinajstić information content (AvgIpc) is 2.75. The number of nitrogens with zero attached hydrogens (tertiary/aromatic N) is 2. The minimum absolute atomic E-state index is 0.539. The van der Waals surface area contributed by atoms with Crippen LogP contribution in [0.1, 0.15) is 47.6 Å². The van der Waals surface area contributed by atoms with Gasteiger partial charge in [-0.25, -0.2) is 0 Å². The van der Waals surface area contributed by atoms with E-state index >= 15 is 0 Å². The van der Waals surface area contributed by atoms with Crippen molar-refractivity contribution in [3.05, 3.63) is 58.7 Å². The highest BCUT2D eigenvalue weighted by atomic mass is 16.5. The quantitative estimate of drug-likeness (QED) is 0.732. The van der Waals surface area contributed by atoms with Crippen LogP contribution in [0.5, 0.6) is 11.5 Å². The summed E-state index contributed by atoms with van der Waals surface area (Å²) < 4.78 is 10.9. The third-order valence-electron chi connectivity index (χ3n) is 6.93. The molecule has 2 fully saturated rings. The van der Waals surface area contributed by atoms with Crippen LogP contribution in [0.4, 0.5) is 0 Å². The smallest absolute Gasteiger partial charge is 0.122 e. The molecule has 2 aliphatic heterocycles. The van der Waals surface area contributed by atoms with Gasteiger partial charge in [-0.3, -0.25) is 9.80 Å². The standard InChI is InChI=1S/C25H34N2O2/c1-18-19(2)25(29-4)12-11-23(18)24-10-6-8-21-17-26(13-14-27(21)24)16-20-7-5-9-22(15-20)28-3/h5,7,9,11-12,15,21,24H,6,8,10,13-14,16-17H2,1-4H3/t21-,24+/m0/s1. The lowest BCUT2D eigenvalue weighted by molar-refractivity contribution is 0.00616. The van der Waals surface area contributed by atoms with E-state index in [-0.39, 0.29) is 0 Å². The summed E-state index contributed by atoms with van der Waals surface area (Å²) in [5, 5.41) is 0. The van der Waals surface area contributed by atoms with Gasteiger partial charge in [0.25, 0.3) is 0 Å². The van der Waals surface area contributed by atoms with Crippen LogP contribution in [0.25, 0.3) is 0 Å². The van der Waals surface area contributed by atoms with Gasteiger partial charge in [-0.15, -0.1) is 0 Å². The molecule has 29 heavy (non-hydrogen) atoms. The van der Waals surface area contributed by atoms with Crippen molar-refractivity contribution in [3.63, 3.8) is 0 Å². The number of fused-ring (bicyclic) bond motifs is 1. The fraction of sp³-hybridized carbons (Fsp3) is 0.520. The number of rotatable bonds is 5. The number of hydrogen-bond acceptors (Lipinski definition) is 4. The summed E-state index contributed by atoms with van der Waals surface area (Å²) in [4.78, 5) is 5.39. The molecule has 4 nitrogen and oxygen atoms in total. The summed E-state index contributed by atoms with van der Waals surface area (Å²) >= 11 is 0. The Balaban J connectivity index is 1.48. The number of ether oxygens (including phenoxy) is 2. The van der Waals surface area contributed by atoms with Crippen molar-refractivity contribution in [2.45, 2.75) is 51.7 Å². The van der Waals surface area contributed by atoms with Gasteiger partial charge < -0.3 is 9.47 Å². The molecule has 0 aliphatic carbocycles. The summed E-state index contributed by atoms with van der Waals surface area (Å²) in [7, 11) is 3.50. The maximum absolute atomic E-state index is 5.53. The van der Waals surface area contributed by atoms with Crippen LogP contribution in [-0.2, 0) is 6.54 Å². The zero-order valence-corrected chi connectivity index (χ0v) is 18.3. The van der Waals surface area contributed by atoms with Crippen LogP contribution >= 0.6 is 0 Å². The summed E-state index contributed by atoms with van der Waals surface area (Å²) in [6, 6.07) is 14.1. The van der Waals surface area contributed by atoms with Gasteiger partial charge in [-0.05, 0) is 73.6 Å². The predicted molar refractivity (Wildman–Crippen MR) is 118 cm³/mol. The molecule has 0 saturated carbocycles. The normalized spacial score (nSPS) is 22.9. The predicted octanol–water partition coefficient (Wildman–Crippen LogP) is 4.73. The first-order chi connectivity index (χ1) is 14.1. The minimum Gasteiger partial charge on any atom is -0.497 e. The second-order valence-electron chi connectivity index (χ2n) is 8.53. The molecular weight excluding hydrogens is 360 g/mol. The first-order valence-electron chi connectivity index (χ1n) is 10.9. The maximum Gasteiger partial charge on any atom is 0.122 e. The average molecular weight is 395 g/mol. The Morgan fingerprint density at radius 2 is 1.83 bits per heavy atom. The zero-order chi connectivity index (χ0) is 20.4. The minimum atomic E-state index is 0.539.